The Kier molecular flexibility index (Phi) is 6.74. The number of anilines is 2. The van der Waals surface area contributed by atoms with Crippen molar-refractivity contribution in [1.82, 2.24) is 4.98 Å². The molecule has 2 heterocycles. The van der Waals surface area contributed by atoms with E-state index in [-0.39, 0.29) is 18.2 Å². The standard InChI is InChI=1S/C18H20N4S3.ClH/c1-9-5-11(3)13(6-10(9)2)21-18-22-14(8-24-18)12-7-15(16(19)20)25-17(12)23-4;/h5-8H,1-4H3,(H3,19,20)(H,21,22);1H. The Morgan fingerprint density at radius 3 is 2.50 bits per heavy atom. The van der Waals surface area contributed by atoms with Gasteiger partial charge in [0, 0.05) is 16.6 Å². The van der Waals surface area contributed by atoms with Crippen LogP contribution in [0.2, 0.25) is 0 Å². The summed E-state index contributed by atoms with van der Waals surface area (Å²) >= 11 is 4.78. The van der Waals surface area contributed by atoms with E-state index in [1.807, 2.05) is 17.7 Å². The number of nitrogen functional groups attached to an aromatic ring is 1. The predicted octanol–water partition coefficient (Wildman–Crippen LogP) is 5.97. The number of benzene rings is 1. The third-order valence-corrected chi connectivity index (χ3v) is 7.07. The van der Waals surface area contributed by atoms with Crippen LogP contribution in [0.4, 0.5) is 10.8 Å². The third kappa shape index (κ3) is 4.23. The molecule has 0 bridgehead atoms. The summed E-state index contributed by atoms with van der Waals surface area (Å²) in [6, 6.07) is 6.31. The van der Waals surface area contributed by atoms with Gasteiger partial charge in [-0.15, -0.1) is 46.8 Å². The van der Waals surface area contributed by atoms with Crippen LogP contribution in [0.5, 0.6) is 0 Å². The van der Waals surface area contributed by atoms with Gasteiger partial charge < -0.3 is 11.1 Å². The molecule has 0 unspecified atom stereocenters. The van der Waals surface area contributed by atoms with Crippen molar-refractivity contribution in [1.29, 1.82) is 5.41 Å². The Hall–Kier alpha value is -1.54. The molecule has 2 aromatic heterocycles. The van der Waals surface area contributed by atoms with Gasteiger partial charge in [0.05, 0.1) is 14.8 Å². The van der Waals surface area contributed by atoms with Crippen molar-refractivity contribution in [3.05, 3.63) is 45.1 Å². The van der Waals surface area contributed by atoms with Crippen LogP contribution in [0.25, 0.3) is 11.3 Å². The van der Waals surface area contributed by atoms with E-state index in [4.69, 9.17) is 16.1 Å². The zero-order valence-electron chi connectivity index (χ0n) is 15.0. The summed E-state index contributed by atoms with van der Waals surface area (Å²) in [4.78, 5) is 5.52. The van der Waals surface area contributed by atoms with Gasteiger partial charge in [0.15, 0.2) is 5.13 Å². The van der Waals surface area contributed by atoms with Crippen LogP contribution < -0.4 is 11.1 Å². The summed E-state index contributed by atoms with van der Waals surface area (Å²) in [5.41, 5.74) is 12.4. The molecule has 4 nitrogen and oxygen atoms in total. The lowest BCUT2D eigenvalue weighted by Gasteiger charge is -2.10. The molecule has 0 saturated carbocycles. The van der Waals surface area contributed by atoms with Gasteiger partial charge in [-0.05, 0) is 55.9 Å². The first-order valence-electron chi connectivity index (χ1n) is 7.72. The first-order chi connectivity index (χ1) is 11.9. The SMILES string of the molecule is CSc1sc(C(=N)N)cc1-c1csc(Nc2cc(C)c(C)cc2C)n1.Cl. The van der Waals surface area contributed by atoms with Crippen LogP contribution in [0.3, 0.4) is 0 Å². The van der Waals surface area contributed by atoms with E-state index in [9.17, 15) is 0 Å². The number of aromatic nitrogens is 1. The molecule has 3 aromatic rings. The molecular weight excluding hydrogens is 404 g/mol. The minimum atomic E-state index is 0. The van der Waals surface area contributed by atoms with Crippen LogP contribution in [-0.4, -0.2) is 17.1 Å². The number of amidine groups is 1. The topological polar surface area (TPSA) is 74.8 Å². The van der Waals surface area contributed by atoms with Crippen molar-refractivity contribution < 1.29 is 0 Å². The highest BCUT2D eigenvalue weighted by Crippen LogP contribution is 2.39. The van der Waals surface area contributed by atoms with Gasteiger partial charge in [0.1, 0.15) is 5.84 Å². The van der Waals surface area contributed by atoms with Crippen LogP contribution >= 0.6 is 46.8 Å². The first kappa shape index (κ1) is 20.8. The number of thiophene rings is 1. The monoisotopic (exact) mass is 424 g/mol. The quantitative estimate of drug-likeness (QED) is 0.268. The number of thioether (sulfide) groups is 1. The van der Waals surface area contributed by atoms with Crippen molar-refractivity contribution in [3.63, 3.8) is 0 Å². The highest BCUT2D eigenvalue weighted by molar-refractivity contribution is 8.00. The molecule has 0 radical (unpaired) electrons. The number of halogens is 1. The molecule has 0 fully saturated rings. The van der Waals surface area contributed by atoms with Crippen LogP contribution in [0, 0.1) is 26.2 Å². The average molecular weight is 425 g/mol. The van der Waals surface area contributed by atoms with Crippen molar-refractivity contribution in [3.8, 4) is 11.3 Å². The smallest absolute Gasteiger partial charge is 0.187 e. The number of hydrogen-bond acceptors (Lipinski definition) is 6. The molecule has 8 heteroatoms. The van der Waals surface area contributed by atoms with E-state index in [0.717, 1.165) is 31.2 Å². The maximum atomic E-state index is 7.65. The van der Waals surface area contributed by atoms with E-state index >= 15 is 0 Å². The number of nitrogens with one attached hydrogen (secondary N) is 2. The Morgan fingerprint density at radius 2 is 1.85 bits per heavy atom. The molecule has 0 spiro atoms. The molecule has 138 valence electrons. The molecular formula is C18H21ClN4S3. The number of nitrogens with zero attached hydrogens (tertiary/aromatic N) is 1. The van der Waals surface area contributed by atoms with Gasteiger partial charge in [-0.25, -0.2) is 4.98 Å². The van der Waals surface area contributed by atoms with Crippen molar-refractivity contribution >= 4 is 63.5 Å². The van der Waals surface area contributed by atoms with Gasteiger partial charge in [-0.2, -0.15) is 0 Å². The van der Waals surface area contributed by atoms with E-state index in [2.05, 4.69) is 38.2 Å². The van der Waals surface area contributed by atoms with Crippen molar-refractivity contribution in [2.24, 2.45) is 5.73 Å². The van der Waals surface area contributed by atoms with Gasteiger partial charge in [-0.3, -0.25) is 5.41 Å². The second-order valence-corrected chi connectivity index (χ2v) is 8.83. The maximum Gasteiger partial charge on any atom is 0.187 e. The molecule has 0 aliphatic carbocycles. The lowest BCUT2D eigenvalue weighted by molar-refractivity contribution is 1.28. The minimum Gasteiger partial charge on any atom is -0.383 e. The van der Waals surface area contributed by atoms with Gasteiger partial charge in [-0.1, -0.05) is 6.07 Å². The summed E-state index contributed by atoms with van der Waals surface area (Å²) in [5, 5.41) is 14.0. The molecule has 0 aliphatic heterocycles. The zero-order valence-corrected chi connectivity index (χ0v) is 18.2. The van der Waals surface area contributed by atoms with E-state index < -0.39 is 0 Å². The van der Waals surface area contributed by atoms with Crippen LogP contribution in [0.15, 0.2) is 27.8 Å². The summed E-state index contributed by atoms with van der Waals surface area (Å²) in [6.07, 6.45) is 2.03. The largest absolute Gasteiger partial charge is 0.383 e. The average Bonchev–Trinajstić information content (AvgIpc) is 3.18. The van der Waals surface area contributed by atoms with Gasteiger partial charge in [0.2, 0.25) is 0 Å². The van der Waals surface area contributed by atoms with Crippen LogP contribution in [0.1, 0.15) is 21.6 Å². The van der Waals surface area contributed by atoms with Crippen molar-refractivity contribution in [2.75, 3.05) is 11.6 Å². The number of thiazole rings is 1. The molecule has 3 rings (SSSR count). The fraction of sp³-hybridized carbons (Fsp3) is 0.222. The van der Waals surface area contributed by atoms with Crippen LogP contribution in [-0.2, 0) is 0 Å². The maximum absolute atomic E-state index is 7.65. The molecule has 0 saturated heterocycles. The fourth-order valence-electron chi connectivity index (χ4n) is 2.50. The fourth-order valence-corrected chi connectivity index (χ4v) is 4.97. The predicted molar refractivity (Wildman–Crippen MR) is 119 cm³/mol. The summed E-state index contributed by atoms with van der Waals surface area (Å²) in [7, 11) is 0. The van der Waals surface area contributed by atoms with E-state index in [0.29, 0.717) is 0 Å². The number of nitrogens with two attached hydrogens (primary N) is 1. The molecule has 26 heavy (non-hydrogen) atoms. The number of rotatable bonds is 5. The van der Waals surface area contributed by atoms with Gasteiger partial charge >= 0.3 is 0 Å². The van der Waals surface area contributed by atoms with E-state index in [1.54, 1.807) is 23.1 Å². The normalized spacial score (nSPS) is 10.5. The number of aryl methyl sites for hydroxylation is 3. The second-order valence-electron chi connectivity index (χ2n) is 5.84. The molecule has 4 N–H and O–H groups in total. The summed E-state index contributed by atoms with van der Waals surface area (Å²) < 4.78 is 1.13. The summed E-state index contributed by atoms with van der Waals surface area (Å²) in [5.74, 6) is 0.103. The first-order valence-corrected chi connectivity index (χ1v) is 10.6. The molecule has 0 atom stereocenters. The lowest BCUT2D eigenvalue weighted by Crippen LogP contribution is -2.08. The molecule has 0 amide bonds. The second kappa shape index (κ2) is 8.43. The van der Waals surface area contributed by atoms with E-state index in [1.165, 1.54) is 28.0 Å². The zero-order chi connectivity index (χ0) is 18.1. The lowest BCUT2D eigenvalue weighted by atomic mass is 10.1. The highest BCUT2D eigenvalue weighted by atomic mass is 35.5. The van der Waals surface area contributed by atoms with Crippen molar-refractivity contribution in [2.45, 2.75) is 25.0 Å². The van der Waals surface area contributed by atoms with Gasteiger partial charge in [0.25, 0.3) is 0 Å². The summed E-state index contributed by atoms with van der Waals surface area (Å²) in [6.45, 7) is 6.35. The Morgan fingerprint density at radius 1 is 1.15 bits per heavy atom. The Balaban J connectivity index is 0.00000243. The minimum absolute atomic E-state index is 0. The third-order valence-electron chi connectivity index (χ3n) is 4.01. The Labute approximate surface area is 172 Å². The molecule has 0 aliphatic rings. The highest BCUT2D eigenvalue weighted by Gasteiger charge is 2.15. The number of hydrogen-bond donors (Lipinski definition) is 3. The molecule has 1 aromatic carbocycles. The Bertz CT molecular complexity index is 946.